The normalized spacial score (nSPS) is 10.6. The fourth-order valence-electron chi connectivity index (χ4n) is 1.60. The minimum Gasteiger partial charge on any atom is -0.360 e. The molecule has 78 valence electrons. The lowest BCUT2D eigenvalue weighted by Crippen LogP contribution is -1.95. The van der Waals surface area contributed by atoms with E-state index in [1.54, 1.807) is 0 Å². The Hall–Kier alpha value is -1.28. The van der Waals surface area contributed by atoms with Crippen LogP contribution in [0, 0.1) is 6.92 Å². The molecule has 2 rings (SSSR count). The molecule has 2 heterocycles. The van der Waals surface area contributed by atoms with Crippen molar-refractivity contribution in [2.24, 2.45) is 0 Å². The van der Waals surface area contributed by atoms with Crippen molar-refractivity contribution in [2.75, 3.05) is 0 Å². The lowest BCUT2D eigenvalue weighted by Gasteiger charge is -2.07. The fourth-order valence-corrected chi connectivity index (χ4v) is 1.81. The molecule has 0 radical (unpaired) electrons. The molecule has 0 aliphatic heterocycles. The van der Waals surface area contributed by atoms with Gasteiger partial charge in [-0.3, -0.25) is 4.98 Å². The maximum Gasteiger partial charge on any atom is 0.0882 e. The maximum absolute atomic E-state index is 6.16. The van der Waals surface area contributed by atoms with Crippen molar-refractivity contribution >= 4 is 11.6 Å². The number of hydrogen-bond acceptors (Lipinski definition) is 1. The molecule has 2 aromatic heterocycles. The number of nitrogens with one attached hydrogen (secondary N) is 1. The van der Waals surface area contributed by atoms with E-state index in [0.29, 0.717) is 0 Å². The summed E-state index contributed by atoms with van der Waals surface area (Å²) in [5, 5.41) is 0.784. The third-order valence-electron chi connectivity index (χ3n) is 2.52. The second-order valence-corrected chi connectivity index (χ2v) is 3.91. The van der Waals surface area contributed by atoms with E-state index in [4.69, 9.17) is 11.6 Å². The third kappa shape index (κ3) is 1.90. The van der Waals surface area contributed by atoms with Gasteiger partial charge in [-0.2, -0.15) is 0 Å². The van der Waals surface area contributed by atoms with Gasteiger partial charge >= 0.3 is 0 Å². The van der Waals surface area contributed by atoms with E-state index < -0.39 is 0 Å². The van der Waals surface area contributed by atoms with Crippen LogP contribution in [0.25, 0.3) is 11.4 Å². The number of H-pyrrole nitrogens is 1. The zero-order chi connectivity index (χ0) is 10.8. The third-order valence-corrected chi connectivity index (χ3v) is 2.91. The molecule has 0 spiro atoms. The number of nitrogens with zero attached hydrogens (tertiary/aromatic N) is 1. The van der Waals surface area contributed by atoms with Crippen LogP contribution < -0.4 is 0 Å². The van der Waals surface area contributed by atoms with Gasteiger partial charge in [0.2, 0.25) is 0 Å². The molecule has 15 heavy (non-hydrogen) atoms. The molecule has 2 aromatic rings. The van der Waals surface area contributed by atoms with Gasteiger partial charge in [-0.05, 0) is 37.1 Å². The molecule has 3 heteroatoms. The van der Waals surface area contributed by atoms with Crippen molar-refractivity contribution in [1.82, 2.24) is 9.97 Å². The number of aromatic amines is 1. The van der Waals surface area contributed by atoms with Gasteiger partial charge in [0.1, 0.15) is 0 Å². The van der Waals surface area contributed by atoms with Gasteiger partial charge in [0.05, 0.1) is 11.4 Å². The predicted molar refractivity (Wildman–Crippen MR) is 63.1 cm³/mol. The van der Waals surface area contributed by atoms with Crippen LogP contribution in [0.5, 0.6) is 0 Å². The van der Waals surface area contributed by atoms with E-state index in [1.807, 2.05) is 31.3 Å². The van der Waals surface area contributed by atoms with Gasteiger partial charge in [0.15, 0.2) is 0 Å². The van der Waals surface area contributed by atoms with Crippen LogP contribution in [0.3, 0.4) is 0 Å². The van der Waals surface area contributed by atoms with Crippen LogP contribution >= 0.6 is 11.6 Å². The van der Waals surface area contributed by atoms with Crippen LogP contribution in [-0.4, -0.2) is 9.97 Å². The Bertz CT molecular complexity index is 461. The van der Waals surface area contributed by atoms with Crippen LogP contribution in [0.2, 0.25) is 5.02 Å². The Balaban J connectivity index is 2.55. The van der Waals surface area contributed by atoms with E-state index in [0.717, 1.165) is 34.1 Å². The lowest BCUT2D eigenvalue weighted by molar-refractivity contribution is 1.01. The number of rotatable bonds is 2. The quantitative estimate of drug-likeness (QED) is 0.823. The van der Waals surface area contributed by atoms with Crippen LogP contribution in [0.15, 0.2) is 24.4 Å². The Labute approximate surface area is 94.3 Å². The van der Waals surface area contributed by atoms with Gasteiger partial charge in [0.25, 0.3) is 0 Å². The standard InChI is InChI=1S/C12H13ClN2/c1-3-10-8(2)9(13)7-12(15-10)11-5-4-6-14-11/h4-7,14H,3H2,1-2H3. The predicted octanol–water partition coefficient (Wildman–Crippen LogP) is 3.60. The minimum absolute atomic E-state index is 0.784. The summed E-state index contributed by atoms with van der Waals surface area (Å²) in [5.41, 5.74) is 4.06. The van der Waals surface area contributed by atoms with Gasteiger partial charge < -0.3 is 4.98 Å². The molecule has 2 nitrogen and oxygen atoms in total. The molecule has 1 N–H and O–H groups in total. The largest absolute Gasteiger partial charge is 0.360 e. The number of halogens is 1. The molecule has 0 unspecified atom stereocenters. The number of pyridine rings is 1. The molecule has 0 aromatic carbocycles. The molecule has 0 atom stereocenters. The highest BCUT2D eigenvalue weighted by molar-refractivity contribution is 6.31. The monoisotopic (exact) mass is 220 g/mol. The first kappa shape index (κ1) is 10.2. The Morgan fingerprint density at radius 1 is 1.47 bits per heavy atom. The van der Waals surface area contributed by atoms with Gasteiger partial charge in [-0.25, -0.2) is 0 Å². The summed E-state index contributed by atoms with van der Waals surface area (Å²) in [6.45, 7) is 4.09. The first-order valence-electron chi connectivity index (χ1n) is 5.02. The first-order chi connectivity index (χ1) is 7.22. The second-order valence-electron chi connectivity index (χ2n) is 3.50. The highest BCUT2D eigenvalue weighted by Crippen LogP contribution is 2.24. The van der Waals surface area contributed by atoms with Crippen molar-refractivity contribution in [1.29, 1.82) is 0 Å². The Morgan fingerprint density at radius 3 is 2.87 bits per heavy atom. The summed E-state index contributed by atoms with van der Waals surface area (Å²) in [6.07, 6.45) is 2.79. The summed E-state index contributed by atoms with van der Waals surface area (Å²) < 4.78 is 0. The Morgan fingerprint density at radius 2 is 2.27 bits per heavy atom. The maximum atomic E-state index is 6.16. The zero-order valence-electron chi connectivity index (χ0n) is 8.84. The molecule has 0 fully saturated rings. The molecule has 0 amide bonds. The van der Waals surface area contributed by atoms with E-state index in [9.17, 15) is 0 Å². The van der Waals surface area contributed by atoms with Crippen molar-refractivity contribution in [3.05, 3.63) is 40.7 Å². The van der Waals surface area contributed by atoms with Crippen molar-refractivity contribution in [2.45, 2.75) is 20.3 Å². The molecule has 0 aliphatic rings. The van der Waals surface area contributed by atoms with Crippen molar-refractivity contribution in [3.63, 3.8) is 0 Å². The van der Waals surface area contributed by atoms with E-state index in [-0.39, 0.29) is 0 Å². The Kier molecular flexibility index (Phi) is 2.78. The number of hydrogen-bond donors (Lipinski definition) is 1. The van der Waals surface area contributed by atoms with Crippen LogP contribution in [-0.2, 0) is 6.42 Å². The second kappa shape index (κ2) is 4.07. The van der Waals surface area contributed by atoms with Gasteiger partial charge in [-0.1, -0.05) is 18.5 Å². The van der Waals surface area contributed by atoms with Gasteiger partial charge in [0, 0.05) is 16.9 Å². The van der Waals surface area contributed by atoms with E-state index in [2.05, 4.69) is 16.9 Å². The lowest BCUT2D eigenvalue weighted by atomic mass is 10.1. The fraction of sp³-hybridized carbons (Fsp3) is 0.250. The van der Waals surface area contributed by atoms with Crippen molar-refractivity contribution in [3.8, 4) is 11.4 Å². The van der Waals surface area contributed by atoms with Crippen LogP contribution in [0.4, 0.5) is 0 Å². The summed E-state index contributed by atoms with van der Waals surface area (Å²) in [6, 6.07) is 5.85. The van der Waals surface area contributed by atoms with E-state index >= 15 is 0 Å². The molecule has 0 saturated heterocycles. The molecular weight excluding hydrogens is 208 g/mol. The molecule has 0 saturated carbocycles. The number of aryl methyl sites for hydroxylation is 1. The average molecular weight is 221 g/mol. The minimum atomic E-state index is 0.784. The topological polar surface area (TPSA) is 28.7 Å². The first-order valence-corrected chi connectivity index (χ1v) is 5.40. The summed E-state index contributed by atoms with van der Waals surface area (Å²) in [4.78, 5) is 7.71. The summed E-state index contributed by atoms with van der Waals surface area (Å²) in [5.74, 6) is 0. The zero-order valence-corrected chi connectivity index (χ0v) is 9.60. The van der Waals surface area contributed by atoms with Gasteiger partial charge in [-0.15, -0.1) is 0 Å². The van der Waals surface area contributed by atoms with Crippen LogP contribution in [0.1, 0.15) is 18.2 Å². The number of aromatic nitrogens is 2. The smallest absolute Gasteiger partial charge is 0.0882 e. The highest BCUT2D eigenvalue weighted by Gasteiger charge is 2.07. The van der Waals surface area contributed by atoms with E-state index in [1.165, 1.54) is 0 Å². The molecular formula is C12H13ClN2. The highest BCUT2D eigenvalue weighted by atomic mass is 35.5. The molecule has 0 bridgehead atoms. The SMILES string of the molecule is CCc1nc(-c2ccc[nH]2)cc(Cl)c1C. The van der Waals surface area contributed by atoms with Crippen molar-refractivity contribution < 1.29 is 0 Å². The molecule has 0 aliphatic carbocycles. The summed E-state index contributed by atoms with van der Waals surface area (Å²) >= 11 is 6.16. The summed E-state index contributed by atoms with van der Waals surface area (Å²) in [7, 11) is 0. The average Bonchev–Trinajstić information content (AvgIpc) is 2.75.